The molecule has 0 radical (unpaired) electrons. The van der Waals surface area contributed by atoms with Crippen LogP contribution in [-0.2, 0) is 6.42 Å². The van der Waals surface area contributed by atoms with Crippen molar-refractivity contribution in [3.63, 3.8) is 0 Å². The first-order valence-electron chi connectivity index (χ1n) is 7.44. The predicted octanol–water partition coefficient (Wildman–Crippen LogP) is 4.70. The molecule has 114 valence electrons. The van der Waals surface area contributed by atoms with Gasteiger partial charge in [-0.3, -0.25) is 0 Å². The minimum atomic E-state index is 0.270. The van der Waals surface area contributed by atoms with Gasteiger partial charge in [-0.2, -0.15) is 0 Å². The summed E-state index contributed by atoms with van der Waals surface area (Å²) < 4.78 is 5.28. The van der Waals surface area contributed by atoms with E-state index in [0.29, 0.717) is 11.1 Å². The van der Waals surface area contributed by atoms with E-state index in [4.69, 9.17) is 16.3 Å². The summed E-state index contributed by atoms with van der Waals surface area (Å²) in [6, 6.07) is 6.57. The van der Waals surface area contributed by atoms with Crippen molar-refractivity contribution >= 4 is 11.6 Å². The molecular weight excluding hydrogens is 270 g/mol. The SMILES string of the molecule is CCCNC(CCc1ccc(Cl)c(OC)c1)C(C)(C)C. The number of nitrogens with one attached hydrogen (secondary N) is 1. The highest BCUT2D eigenvalue weighted by molar-refractivity contribution is 6.32. The first-order valence-corrected chi connectivity index (χ1v) is 7.82. The Bertz CT molecular complexity index is 412. The second-order valence-electron chi connectivity index (χ2n) is 6.38. The standard InChI is InChI=1S/C17H28ClNO/c1-6-11-19-16(17(2,3)4)10-8-13-7-9-14(18)15(12-13)20-5/h7,9,12,16,19H,6,8,10-11H2,1-5H3. The van der Waals surface area contributed by atoms with Crippen LogP contribution in [0.5, 0.6) is 5.75 Å². The van der Waals surface area contributed by atoms with Gasteiger partial charge in [0.2, 0.25) is 0 Å². The van der Waals surface area contributed by atoms with Gasteiger partial charge in [-0.15, -0.1) is 0 Å². The Balaban J connectivity index is 2.67. The largest absolute Gasteiger partial charge is 0.495 e. The van der Waals surface area contributed by atoms with Crippen LogP contribution in [0.15, 0.2) is 18.2 Å². The fraction of sp³-hybridized carbons (Fsp3) is 0.647. The number of methoxy groups -OCH3 is 1. The molecule has 0 bridgehead atoms. The van der Waals surface area contributed by atoms with Crippen molar-refractivity contribution in [2.75, 3.05) is 13.7 Å². The van der Waals surface area contributed by atoms with Gasteiger partial charge in [-0.05, 0) is 48.9 Å². The van der Waals surface area contributed by atoms with Gasteiger partial charge in [0.05, 0.1) is 12.1 Å². The van der Waals surface area contributed by atoms with Crippen LogP contribution in [0.25, 0.3) is 0 Å². The average Bonchev–Trinajstić information content (AvgIpc) is 2.39. The van der Waals surface area contributed by atoms with E-state index in [1.165, 1.54) is 12.0 Å². The fourth-order valence-corrected chi connectivity index (χ4v) is 2.53. The van der Waals surface area contributed by atoms with Crippen molar-refractivity contribution in [2.24, 2.45) is 5.41 Å². The summed E-state index contributed by atoms with van der Waals surface area (Å²) in [5.41, 5.74) is 1.55. The lowest BCUT2D eigenvalue weighted by molar-refractivity contribution is 0.255. The van der Waals surface area contributed by atoms with Crippen LogP contribution in [-0.4, -0.2) is 19.7 Å². The molecule has 3 heteroatoms. The second kappa shape index (κ2) is 7.90. The van der Waals surface area contributed by atoms with Gasteiger partial charge in [-0.1, -0.05) is 45.4 Å². The Labute approximate surface area is 128 Å². The summed E-state index contributed by atoms with van der Waals surface area (Å²) in [6.07, 6.45) is 3.32. The normalized spacial score (nSPS) is 13.3. The Kier molecular flexibility index (Phi) is 6.84. The molecule has 1 N–H and O–H groups in total. The van der Waals surface area contributed by atoms with Crippen molar-refractivity contribution in [2.45, 2.75) is 53.0 Å². The van der Waals surface area contributed by atoms with Gasteiger partial charge >= 0.3 is 0 Å². The van der Waals surface area contributed by atoms with Crippen LogP contribution in [0.3, 0.4) is 0 Å². The van der Waals surface area contributed by atoms with E-state index in [1.807, 2.05) is 12.1 Å². The number of hydrogen-bond acceptors (Lipinski definition) is 2. The van der Waals surface area contributed by atoms with Crippen molar-refractivity contribution in [1.29, 1.82) is 0 Å². The Hall–Kier alpha value is -0.730. The second-order valence-corrected chi connectivity index (χ2v) is 6.79. The first-order chi connectivity index (χ1) is 9.38. The minimum absolute atomic E-state index is 0.270. The molecule has 0 aromatic heterocycles. The van der Waals surface area contributed by atoms with Crippen molar-refractivity contribution < 1.29 is 4.74 Å². The smallest absolute Gasteiger partial charge is 0.137 e. The fourth-order valence-electron chi connectivity index (χ4n) is 2.33. The third-order valence-corrected chi connectivity index (χ3v) is 3.94. The van der Waals surface area contributed by atoms with Crippen LogP contribution < -0.4 is 10.1 Å². The maximum Gasteiger partial charge on any atom is 0.137 e. The van der Waals surface area contributed by atoms with Crippen LogP contribution >= 0.6 is 11.6 Å². The monoisotopic (exact) mass is 297 g/mol. The summed E-state index contributed by atoms with van der Waals surface area (Å²) in [6.45, 7) is 10.2. The molecule has 0 aliphatic carbocycles. The maximum atomic E-state index is 6.06. The number of benzene rings is 1. The Morgan fingerprint density at radius 3 is 2.55 bits per heavy atom. The molecule has 20 heavy (non-hydrogen) atoms. The third-order valence-electron chi connectivity index (χ3n) is 3.62. The van der Waals surface area contributed by atoms with Crippen molar-refractivity contribution in [3.8, 4) is 5.75 Å². The molecule has 0 aliphatic rings. The quantitative estimate of drug-likeness (QED) is 0.788. The lowest BCUT2D eigenvalue weighted by Crippen LogP contribution is -2.41. The van der Waals surface area contributed by atoms with Gasteiger partial charge in [0.15, 0.2) is 0 Å². The van der Waals surface area contributed by atoms with Gasteiger partial charge in [-0.25, -0.2) is 0 Å². The molecule has 0 amide bonds. The van der Waals surface area contributed by atoms with Crippen LogP contribution in [0, 0.1) is 5.41 Å². The highest BCUT2D eigenvalue weighted by atomic mass is 35.5. The van der Waals surface area contributed by atoms with Crippen LogP contribution in [0.4, 0.5) is 0 Å². The molecule has 1 rings (SSSR count). The summed E-state index contributed by atoms with van der Waals surface area (Å²) >= 11 is 6.06. The molecule has 1 aromatic rings. The van der Waals surface area contributed by atoms with Crippen LogP contribution in [0.2, 0.25) is 5.02 Å². The molecule has 0 fully saturated rings. The van der Waals surface area contributed by atoms with Crippen molar-refractivity contribution in [1.82, 2.24) is 5.32 Å². The zero-order chi connectivity index (χ0) is 15.2. The summed E-state index contributed by atoms with van der Waals surface area (Å²) in [4.78, 5) is 0. The molecule has 2 nitrogen and oxygen atoms in total. The minimum Gasteiger partial charge on any atom is -0.495 e. The zero-order valence-electron chi connectivity index (χ0n) is 13.4. The molecule has 1 unspecified atom stereocenters. The zero-order valence-corrected chi connectivity index (χ0v) is 14.2. The van der Waals surface area contributed by atoms with E-state index in [0.717, 1.165) is 25.1 Å². The van der Waals surface area contributed by atoms with Gasteiger partial charge in [0.25, 0.3) is 0 Å². The maximum absolute atomic E-state index is 6.06. The molecule has 1 aromatic carbocycles. The lowest BCUT2D eigenvalue weighted by atomic mass is 9.83. The molecular formula is C17H28ClNO. The third kappa shape index (κ3) is 5.34. The number of hydrogen-bond donors (Lipinski definition) is 1. The summed E-state index contributed by atoms with van der Waals surface area (Å²) in [7, 11) is 1.66. The van der Waals surface area contributed by atoms with E-state index in [-0.39, 0.29) is 5.41 Å². The van der Waals surface area contributed by atoms with Gasteiger partial charge in [0.1, 0.15) is 5.75 Å². The number of ether oxygens (including phenoxy) is 1. The van der Waals surface area contributed by atoms with E-state index in [1.54, 1.807) is 7.11 Å². The highest BCUT2D eigenvalue weighted by Gasteiger charge is 2.23. The van der Waals surface area contributed by atoms with Gasteiger partial charge < -0.3 is 10.1 Å². The number of halogens is 1. The van der Waals surface area contributed by atoms with Crippen LogP contribution in [0.1, 0.15) is 46.1 Å². The van der Waals surface area contributed by atoms with E-state index < -0.39 is 0 Å². The molecule has 0 spiro atoms. The van der Waals surface area contributed by atoms with E-state index >= 15 is 0 Å². The highest BCUT2D eigenvalue weighted by Crippen LogP contribution is 2.27. The van der Waals surface area contributed by atoms with E-state index in [9.17, 15) is 0 Å². The summed E-state index contributed by atoms with van der Waals surface area (Å²) in [5, 5.41) is 4.34. The molecule has 0 saturated heterocycles. The van der Waals surface area contributed by atoms with Crippen molar-refractivity contribution in [3.05, 3.63) is 28.8 Å². The molecule has 1 atom stereocenters. The van der Waals surface area contributed by atoms with E-state index in [2.05, 4.69) is 39.1 Å². The lowest BCUT2D eigenvalue weighted by Gasteiger charge is -2.32. The molecule has 0 saturated carbocycles. The summed E-state index contributed by atoms with van der Waals surface area (Å²) in [5.74, 6) is 0.762. The number of aryl methyl sites for hydroxylation is 1. The Morgan fingerprint density at radius 1 is 1.30 bits per heavy atom. The first kappa shape index (κ1) is 17.3. The topological polar surface area (TPSA) is 21.3 Å². The number of rotatable bonds is 7. The molecule has 0 aliphatic heterocycles. The molecule has 0 heterocycles. The Morgan fingerprint density at radius 2 is 2.00 bits per heavy atom. The predicted molar refractivity (Wildman–Crippen MR) is 87.9 cm³/mol. The van der Waals surface area contributed by atoms with Gasteiger partial charge in [0, 0.05) is 6.04 Å². The average molecular weight is 298 g/mol.